The molecular formula is C16H24O2. The molecule has 1 N–H and O–H groups in total. The summed E-state index contributed by atoms with van der Waals surface area (Å²) < 4.78 is 0. The monoisotopic (exact) mass is 248 g/mol. The van der Waals surface area contributed by atoms with Crippen LogP contribution in [-0.4, -0.2) is 10.9 Å². The number of hydrogen-bond donors (Lipinski definition) is 1. The Hall–Kier alpha value is -1.31. The van der Waals surface area contributed by atoms with Crippen LogP contribution in [0.4, 0.5) is 0 Å². The van der Waals surface area contributed by atoms with Gasteiger partial charge in [0, 0.05) is 6.42 Å². The van der Waals surface area contributed by atoms with Gasteiger partial charge in [-0.25, -0.2) is 0 Å². The van der Waals surface area contributed by atoms with E-state index in [2.05, 4.69) is 6.92 Å². The molecule has 0 aliphatic rings. The van der Waals surface area contributed by atoms with E-state index in [-0.39, 0.29) is 11.5 Å². The van der Waals surface area contributed by atoms with E-state index in [0.717, 1.165) is 24.0 Å². The van der Waals surface area contributed by atoms with Gasteiger partial charge in [-0.1, -0.05) is 32.6 Å². The van der Waals surface area contributed by atoms with Crippen molar-refractivity contribution in [1.29, 1.82) is 0 Å². The van der Waals surface area contributed by atoms with Crippen LogP contribution in [0.15, 0.2) is 12.1 Å². The molecule has 0 heterocycles. The highest BCUT2D eigenvalue weighted by atomic mass is 16.3. The van der Waals surface area contributed by atoms with Crippen molar-refractivity contribution in [3.05, 3.63) is 28.8 Å². The summed E-state index contributed by atoms with van der Waals surface area (Å²) in [5.41, 5.74) is 2.56. The normalized spacial score (nSPS) is 10.6. The molecule has 0 saturated heterocycles. The Kier molecular flexibility index (Phi) is 5.90. The fourth-order valence-corrected chi connectivity index (χ4v) is 2.05. The van der Waals surface area contributed by atoms with Crippen LogP contribution in [0.5, 0.6) is 5.75 Å². The third kappa shape index (κ3) is 4.17. The molecule has 1 rings (SSSR count). The smallest absolute Gasteiger partial charge is 0.166 e. The highest BCUT2D eigenvalue weighted by molar-refractivity contribution is 5.98. The number of hydrogen-bond acceptors (Lipinski definition) is 2. The van der Waals surface area contributed by atoms with E-state index in [1.54, 1.807) is 12.1 Å². The van der Waals surface area contributed by atoms with Gasteiger partial charge in [0.05, 0.1) is 5.56 Å². The van der Waals surface area contributed by atoms with Gasteiger partial charge in [-0.15, -0.1) is 0 Å². The second-order valence-electron chi connectivity index (χ2n) is 5.04. The first-order valence-corrected chi connectivity index (χ1v) is 6.89. The van der Waals surface area contributed by atoms with Gasteiger partial charge >= 0.3 is 0 Å². The van der Waals surface area contributed by atoms with Crippen molar-refractivity contribution in [1.82, 2.24) is 0 Å². The number of phenolic OH excluding ortho intramolecular Hbond substituents is 1. The summed E-state index contributed by atoms with van der Waals surface area (Å²) in [6.07, 6.45) is 6.22. The highest BCUT2D eigenvalue weighted by Crippen LogP contribution is 2.23. The SMILES string of the molecule is CCCCCCCC(=O)c1cc(C)c(C)cc1O. The zero-order valence-corrected chi connectivity index (χ0v) is 11.8. The Morgan fingerprint density at radius 3 is 2.33 bits per heavy atom. The molecule has 0 fully saturated rings. The number of phenols is 1. The molecule has 100 valence electrons. The first-order valence-electron chi connectivity index (χ1n) is 6.89. The molecule has 0 radical (unpaired) electrons. The average molecular weight is 248 g/mol. The maximum Gasteiger partial charge on any atom is 0.166 e. The van der Waals surface area contributed by atoms with Crippen LogP contribution in [0.2, 0.25) is 0 Å². The lowest BCUT2D eigenvalue weighted by Crippen LogP contribution is -2.01. The Morgan fingerprint density at radius 1 is 1.06 bits per heavy atom. The minimum absolute atomic E-state index is 0.0621. The van der Waals surface area contributed by atoms with Crippen LogP contribution < -0.4 is 0 Å². The summed E-state index contributed by atoms with van der Waals surface area (Å²) >= 11 is 0. The molecule has 2 nitrogen and oxygen atoms in total. The standard InChI is InChI=1S/C16H24O2/c1-4-5-6-7-8-9-15(17)14-10-12(2)13(3)11-16(14)18/h10-11,18H,4-9H2,1-3H3. The molecular weight excluding hydrogens is 224 g/mol. The summed E-state index contributed by atoms with van der Waals surface area (Å²) in [5.74, 6) is 0.184. The van der Waals surface area contributed by atoms with Crippen molar-refractivity contribution in [3.63, 3.8) is 0 Å². The molecule has 1 aromatic carbocycles. The molecule has 0 atom stereocenters. The lowest BCUT2D eigenvalue weighted by atomic mass is 9.99. The van der Waals surface area contributed by atoms with Gasteiger partial charge in [0.25, 0.3) is 0 Å². The van der Waals surface area contributed by atoms with E-state index in [9.17, 15) is 9.90 Å². The van der Waals surface area contributed by atoms with Gasteiger partial charge in [0.15, 0.2) is 5.78 Å². The second-order valence-corrected chi connectivity index (χ2v) is 5.04. The minimum atomic E-state index is 0.0621. The Labute approximate surface area is 110 Å². The van der Waals surface area contributed by atoms with Crippen LogP contribution in [0, 0.1) is 13.8 Å². The topological polar surface area (TPSA) is 37.3 Å². The summed E-state index contributed by atoms with van der Waals surface area (Å²) in [6.45, 7) is 6.08. The maximum absolute atomic E-state index is 12.0. The number of aromatic hydroxyl groups is 1. The van der Waals surface area contributed by atoms with Crippen LogP contribution in [-0.2, 0) is 0 Å². The molecule has 0 amide bonds. The minimum Gasteiger partial charge on any atom is -0.507 e. The van der Waals surface area contributed by atoms with E-state index < -0.39 is 0 Å². The summed E-state index contributed by atoms with van der Waals surface area (Å²) in [5, 5.41) is 9.81. The average Bonchev–Trinajstić information content (AvgIpc) is 2.33. The molecule has 0 aliphatic heterocycles. The van der Waals surface area contributed by atoms with Gasteiger partial charge in [-0.3, -0.25) is 4.79 Å². The number of carbonyl (C=O) groups excluding carboxylic acids is 1. The number of carbonyl (C=O) groups is 1. The van der Waals surface area contributed by atoms with Crippen molar-refractivity contribution >= 4 is 5.78 Å². The van der Waals surface area contributed by atoms with E-state index in [1.165, 1.54) is 19.3 Å². The van der Waals surface area contributed by atoms with Crippen molar-refractivity contribution < 1.29 is 9.90 Å². The third-order valence-electron chi connectivity index (χ3n) is 3.42. The Balaban J connectivity index is 2.54. The van der Waals surface area contributed by atoms with Crippen LogP contribution >= 0.6 is 0 Å². The maximum atomic E-state index is 12.0. The van der Waals surface area contributed by atoms with Gasteiger partial charge in [0.2, 0.25) is 0 Å². The number of aryl methyl sites for hydroxylation is 2. The van der Waals surface area contributed by atoms with E-state index in [1.807, 2.05) is 13.8 Å². The first kappa shape index (κ1) is 14.7. The number of ketones is 1. The molecule has 2 heteroatoms. The van der Waals surface area contributed by atoms with Gasteiger partial charge < -0.3 is 5.11 Å². The van der Waals surface area contributed by atoms with Crippen LogP contribution in [0.1, 0.15) is 66.9 Å². The van der Waals surface area contributed by atoms with Gasteiger partial charge in [-0.05, 0) is 43.5 Å². The van der Waals surface area contributed by atoms with E-state index in [0.29, 0.717) is 12.0 Å². The Morgan fingerprint density at radius 2 is 1.67 bits per heavy atom. The fraction of sp³-hybridized carbons (Fsp3) is 0.562. The molecule has 1 aromatic rings. The predicted molar refractivity (Wildman–Crippen MR) is 75.3 cm³/mol. The highest BCUT2D eigenvalue weighted by Gasteiger charge is 2.12. The molecule has 0 spiro atoms. The number of benzene rings is 1. The fourth-order valence-electron chi connectivity index (χ4n) is 2.05. The third-order valence-corrected chi connectivity index (χ3v) is 3.42. The molecule has 0 aromatic heterocycles. The quantitative estimate of drug-likeness (QED) is 0.567. The Bertz CT molecular complexity index is 408. The van der Waals surface area contributed by atoms with Gasteiger partial charge in [-0.2, -0.15) is 0 Å². The van der Waals surface area contributed by atoms with Crippen molar-refractivity contribution in [2.45, 2.75) is 59.3 Å². The summed E-state index contributed by atoms with van der Waals surface area (Å²) in [4.78, 5) is 12.0. The summed E-state index contributed by atoms with van der Waals surface area (Å²) in [6, 6.07) is 3.48. The zero-order valence-electron chi connectivity index (χ0n) is 11.8. The molecule has 0 saturated carbocycles. The lowest BCUT2D eigenvalue weighted by molar-refractivity contribution is 0.0976. The van der Waals surface area contributed by atoms with Crippen molar-refractivity contribution in [2.75, 3.05) is 0 Å². The van der Waals surface area contributed by atoms with Crippen LogP contribution in [0.25, 0.3) is 0 Å². The first-order chi connectivity index (χ1) is 8.56. The van der Waals surface area contributed by atoms with Crippen molar-refractivity contribution in [2.24, 2.45) is 0 Å². The molecule has 0 bridgehead atoms. The molecule has 0 aliphatic carbocycles. The largest absolute Gasteiger partial charge is 0.507 e. The van der Waals surface area contributed by atoms with E-state index in [4.69, 9.17) is 0 Å². The lowest BCUT2D eigenvalue weighted by Gasteiger charge is -2.07. The molecule has 0 unspecified atom stereocenters. The number of rotatable bonds is 7. The second kappa shape index (κ2) is 7.20. The predicted octanol–water partition coefficient (Wildman–Crippen LogP) is 4.55. The molecule has 18 heavy (non-hydrogen) atoms. The van der Waals surface area contributed by atoms with Crippen LogP contribution in [0.3, 0.4) is 0 Å². The summed E-state index contributed by atoms with van der Waals surface area (Å²) in [7, 11) is 0. The zero-order chi connectivity index (χ0) is 13.5. The number of unbranched alkanes of at least 4 members (excludes halogenated alkanes) is 4. The number of Topliss-reactive ketones (excluding diaryl/α,β-unsaturated/α-hetero) is 1. The van der Waals surface area contributed by atoms with Gasteiger partial charge in [0.1, 0.15) is 5.75 Å². The van der Waals surface area contributed by atoms with Crippen molar-refractivity contribution in [3.8, 4) is 5.75 Å². The van der Waals surface area contributed by atoms with E-state index >= 15 is 0 Å².